The highest BCUT2D eigenvalue weighted by atomic mass is 35.5. The first-order valence-electron chi connectivity index (χ1n) is 13.4. The molecule has 1 saturated heterocycles. The number of H-pyrrole nitrogens is 1. The second-order valence-electron chi connectivity index (χ2n) is 10.9. The van der Waals surface area contributed by atoms with E-state index >= 15 is 0 Å². The molecule has 0 amide bonds. The molecular formula is C30H35ClN2O4. The SMILES string of the molecule is CC(C)Oc1ccc(CCC2(C3CCCC3)CC(=O)C(C(C)c3nc4ccccc4[nH]3)C(=O)O2)cc1Cl. The fourth-order valence-electron chi connectivity index (χ4n) is 6.09. The van der Waals surface area contributed by atoms with Crippen LogP contribution < -0.4 is 4.74 Å². The van der Waals surface area contributed by atoms with Gasteiger partial charge in [-0.25, -0.2) is 4.98 Å². The average molecular weight is 523 g/mol. The number of nitrogens with one attached hydrogen (secondary N) is 1. The van der Waals surface area contributed by atoms with Crippen molar-refractivity contribution in [2.45, 2.75) is 83.3 Å². The Hall–Kier alpha value is -2.86. The van der Waals surface area contributed by atoms with Crippen molar-refractivity contribution in [3.8, 4) is 5.75 Å². The number of rotatable bonds is 8. The van der Waals surface area contributed by atoms with Crippen molar-refractivity contribution in [1.29, 1.82) is 0 Å². The number of carbonyl (C=O) groups excluding carboxylic acids is 2. The number of benzene rings is 2. The van der Waals surface area contributed by atoms with Gasteiger partial charge in [-0.15, -0.1) is 0 Å². The normalized spacial score (nSPS) is 23.5. The highest BCUT2D eigenvalue weighted by Gasteiger charge is 2.53. The number of aromatic nitrogens is 2. The van der Waals surface area contributed by atoms with Gasteiger partial charge in [0.2, 0.25) is 0 Å². The van der Waals surface area contributed by atoms with E-state index in [0.29, 0.717) is 29.4 Å². The molecule has 7 heteroatoms. The van der Waals surface area contributed by atoms with Gasteiger partial charge >= 0.3 is 5.97 Å². The number of imidazole rings is 1. The van der Waals surface area contributed by atoms with E-state index in [9.17, 15) is 9.59 Å². The van der Waals surface area contributed by atoms with Crippen LogP contribution in [0.5, 0.6) is 5.75 Å². The van der Waals surface area contributed by atoms with Gasteiger partial charge in [0.25, 0.3) is 0 Å². The zero-order chi connectivity index (χ0) is 26.2. The van der Waals surface area contributed by atoms with Gasteiger partial charge in [-0.2, -0.15) is 0 Å². The number of ketones is 1. The summed E-state index contributed by atoms with van der Waals surface area (Å²) in [6.45, 7) is 5.81. The minimum atomic E-state index is -0.850. The summed E-state index contributed by atoms with van der Waals surface area (Å²) in [7, 11) is 0. The molecule has 3 atom stereocenters. The van der Waals surface area contributed by atoms with Crippen LogP contribution in [0.1, 0.15) is 76.6 Å². The molecule has 1 aliphatic heterocycles. The highest BCUT2D eigenvalue weighted by molar-refractivity contribution is 6.32. The Bertz CT molecular complexity index is 1240. The number of halogens is 1. The molecule has 0 radical (unpaired) electrons. The van der Waals surface area contributed by atoms with Crippen LogP contribution in [-0.2, 0) is 20.7 Å². The maximum absolute atomic E-state index is 13.6. The van der Waals surface area contributed by atoms with E-state index in [2.05, 4.69) is 9.97 Å². The van der Waals surface area contributed by atoms with Crippen molar-refractivity contribution in [3.05, 3.63) is 58.9 Å². The number of carbonyl (C=O) groups is 2. The Morgan fingerprint density at radius 3 is 2.57 bits per heavy atom. The van der Waals surface area contributed by atoms with Crippen molar-refractivity contribution >= 4 is 34.4 Å². The molecule has 1 aromatic heterocycles. The van der Waals surface area contributed by atoms with Crippen LogP contribution in [-0.4, -0.2) is 33.4 Å². The number of hydrogen-bond acceptors (Lipinski definition) is 5. The van der Waals surface area contributed by atoms with Gasteiger partial charge in [-0.3, -0.25) is 9.59 Å². The quantitative estimate of drug-likeness (QED) is 0.260. The number of esters is 1. The Balaban J connectivity index is 1.35. The molecule has 37 heavy (non-hydrogen) atoms. The molecule has 0 bridgehead atoms. The number of nitrogens with zero attached hydrogens (tertiary/aromatic N) is 1. The van der Waals surface area contributed by atoms with Gasteiger partial charge in [0.05, 0.1) is 22.2 Å². The monoisotopic (exact) mass is 522 g/mol. The Morgan fingerprint density at radius 1 is 1.14 bits per heavy atom. The molecule has 2 fully saturated rings. The number of hydrogen-bond donors (Lipinski definition) is 1. The first-order chi connectivity index (χ1) is 17.8. The molecule has 196 valence electrons. The fourth-order valence-corrected chi connectivity index (χ4v) is 6.34. The van der Waals surface area contributed by atoms with Crippen LogP contribution in [0.15, 0.2) is 42.5 Å². The van der Waals surface area contributed by atoms with E-state index in [1.807, 2.05) is 63.2 Å². The Morgan fingerprint density at radius 2 is 1.89 bits per heavy atom. The molecule has 1 saturated carbocycles. The van der Waals surface area contributed by atoms with Gasteiger partial charge in [-0.1, -0.05) is 49.6 Å². The van der Waals surface area contributed by atoms with Gasteiger partial charge < -0.3 is 14.5 Å². The minimum Gasteiger partial charge on any atom is -0.489 e. The number of fused-ring (bicyclic) bond motifs is 1. The first kappa shape index (κ1) is 25.8. The summed E-state index contributed by atoms with van der Waals surface area (Å²) in [5, 5.41) is 0.567. The molecule has 2 aliphatic rings. The largest absolute Gasteiger partial charge is 0.489 e. The number of para-hydroxylation sites is 2. The molecule has 0 spiro atoms. The van der Waals surface area contributed by atoms with E-state index in [1.165, 1.54) is 0 Å². The lowest BCUT2D eigenvalue weighted by atomic mass is 9.72. The second-order valence-corrected chi connectivity index (χ2v) is 11.4. The predicted molar refractivity (Wildman–Crippen MR) is 144 cm³/mol. The van der Waals surface area contributed by atoms with Crippen molar-refractivity contribution < 1.29 is 19.1 Å². The molecular weight excluding hydrogens is 488 g/mol. The number of aryl methyl sites for hydroxylation is 1. The fraction of sp³-hybridized carbons (Fsp3) is 0.500. The molecule has 5 rings (SSSR count). The summed E-state index contributed by atoms with van der Waals surface area (Å²) in [5.41, 5.74) is 1.99. The summed E-state index contributed by atoms with van der Waals surface area (Å²) in [5.74, 6) is -0.208. The predicted octanol–water partition coefficient (Wildman–Crippen LogP) is 6.80. The topological polar surface area (TPSA) is 81.3 Å². The first-order valence-corrected chi connectivity index (χ1v) is 13.8. The van der Waals surface area contributed by atoms with Crippen LogP contribution in [0.4, 0.5) is 0 Å². The maximum atomic E-state index is 13.6. The van der Waals surface area contributed by atoms with Crippen molar-refractivity contribution in [2.75, 3.05) is 0 Å². The molecule has 1 N–H and O–H groups in total. The zero-order valence-corrected chi connectivity index (χ0v) is 22.5. The van der Waals surface area contributed by atoms with Gasteiger partial charge in [0.1, 0.15) is 23.1 Å². The van der Waals surface area contributed by atoms with Crippen LogP contribution >= 0.6 is 11.6 Å². The number of Topliss-reactive ketones (excluding diaryl/α,β-unsaturated/α-hetero) is 1. The Labute approximate surface area is 223 Å². The average Bonchev–Trinajstić information content (AvgIpc) is 3.54. The zero-order valence-electron chi connectivity index (χ0n) is 21.8. The molecule has 2 aromatic carbocycles. The van der Waals surface area contributed by atoms with Crippen LogP contribution in [0, 0.1) is 11.8 Å². The molecule has 3 aromatic rings. The Kier molecular flexibility index (Phi) is 7.30. The maximum Gasteiger partial charge on any atom is 0.317 e. The van der Waals surface area contributed by atoms with Crippen LogP contribution in [0.2, 0.25) is 5.02 Å². The van der Waals surface area contributed by atoms with E-state index in [-0.39, 0.29) is 30.1 Å². The number of aromatic amines is 1. The lowest BCUT2D eigenvalue weighted by Crippen LogP contribution is -2.52. The van der Waals surface area contributed by atoms with E-state index in [0.717, 1.165) is 42.3 Å². The number of ether oxygens (including phenoxy) is 2. The second kappa shape index (κ2) is 10.5. The lowest BCUT2D eigenvalue weighted by molar-refractivity contribution is -0.186. The number of cyclic esters (lactones) is 1. The van der Waals surface area contributed by atoms with Crippen molar-refractivity contribution in [1.82, 2.24) is 9.97 Å². The lowest BCUT2D eigenvalue weighted by Gasteiger charge is -2.43. The van der Waals surface area contributed by atoms with Gasteiger partial charge in [-0.05, 0) is 75.3 Å². The molecule has 3 unspecified atom stereocenters. The smallest absolute Gasteiger partial charge is 0.317 e. The molecule has 2 heterocycles. The minimum absolute atomic E-state index is 0.0385. The summed E-state index contributed by atoms with van der Waals surface area (Å²) in [4.78, 5) is 35.1. The highest BCUT2D eigenvalue weighted by Crippen LogP contribution is 2.46. The van der Waals surface area contributed by atoms with E-state index < -0.39 is 17.5 Å². The third kappa shape index (κ3) is 5.26. The summed E-state index contributed by atoms with van der Waals surface area (Å²) >= 11 is 6.47. The molecule has 6 nitrogen and oxygen atoms in total. The third-order valence-electron chi connectivity index (χ3n) is 8.01. The van der Waals surface area contributed by atoms with Gasteiger partial charge in [0, 0.05) is 12.3 Å². The van der Waals surface area contributed by atoms with Crippen LogP contribution in [0.3, 0.4) is 0 Å². The molecule has 1 aliphatic carbocycles. The van der Waals surface area contributed by atoms with E-state index in [1.54, 1.807) is 0 Å². The third-order valence-corrected chi connectivity index (χ3v) is 8.31. The van der Waals surface area contributed by atoms with Gasteiger partial charge in [0.15, 0.2) is 5.78 Å². The summed E-state index contributed by atoms with van der Waals surface area (Å²) in [6, 6.07) is 13.5. The van der Waals surface area contributed by atoms with E-state index in [4.69, 9.17) is 21.1 Å². The summed E-state index contributed by atoms with van der Waals surface area (Å²) in [6.07, 6.45) is 5.72. The van der Waals surface area contributed by atoms with Crippen LogP contribution in [0.25, 0.3) is 11.0 Å². The summed E-state index contributed by atoms with van der Waals surface area (Å²) < 4.78 is 12.1. The standard InChI is InChI=1S/C30H35ClN2O4/c1-18(2)36-26-13-12-20(16-22(26)31)14-15-30(21-8-4-5-9-21)17-25(34)27(29(35)37-30)19(3)28-32-23-10-6-7-11-24(23)33-28/h6-7,10-13,16,18-19,21,27H,4-5,8-9,14-15,17H2,1-3H3,(H,32,33). The van der Waals surface area contributed by atoms with Crippen molar-refractivity contribution in [2.24, 2.45) is 11.8 Å². The van der Waals surface area contributed by atoms with Crippen molar-refractivity contribution in [3.63, 3.8) is 0 Å².